The number of benzene rings is 1. The van der Waals surface area contributed by atoms with Crippen LogP contribution in [0.2, 0.25) is 0 Å². The van der Waals surface area contributed by atoms with Crippen molar-refractivity contribution in [1.82, 2.24) is 25.6 Å². The molecule has 1 saturated heterocycles. The van der Waals surface area contributed by atoms with E-state index in [9.17, 15) is 31.2 Å². The number of aromatic nitrogens is 5. The summed E-state index contributed by atoms with van der Waals surface area (Å²) in [4.78, 5) is 32.1. The van der Waals surface area contributed by atoms with Crippen LogP contribution in [0.3, 0.4) is 0 Å². The van der Waals surface area contributed by atoms with E-state index < -0.39 is 37.7 Å². The Balaban J connectivity index is 1.53. The number of tetrazole rings is 1. The van der Waals surface area contributed by atoms with E-state index in [2.05, 4.69) is 25.6 Å². The number of nitrogens with one attached hydrogen (secondary N) is 1. The number of rotatable bonds is 4. The minimum atomic E-state index is -5.57. The third-order valence-corrected chi connectivity index (χ3v) is 7.42. The zero-order valence-electron chi connectivity index (χ0n) is 17.2. The molecule has 1 saturated carbocycles. The highest BCUT2D eigenvalue weighted by Gasteiger charge is 2.70. The molecule has 1 aliphatic carbocycles. The van der Waals surface area contributed by atoms with E-state index in [0.29, 0.717) is 29.9 Å². The number of anilines is 2. The van der Waals surface area contributed by atoms with Crippen molar-refractivity contribution in [2.24, 2.45) is 5.92 Å². The Kier molecular flexibility index (Phi) is 4.55. The number of pyridine rings is 1. The maximum absolute atomic E-state index is 13.4. The molecule has 5 rings (SSSR count). The van der Waals surface area contributed by atoms with Crippen molar-refractivity contribution in [2.45, 2.75) is 29.3 Å². The monoisotopic (exact) mass is 493 g/mol. The van der Waals surface area contributed by atoms with Crippen LogP contribution < -0.4 is 9.80 Å². The van der Waals surface area contributed by atoms with Crippen LogP contribution in [-0.2, 0) is 14.6 Å². The van der Waals surface area contributed by atoms with Gasteiger partial charge in [0.2, 0.25) is 5.82 Å². The molecule has 0 radical (unpaired) electrons. The van der Waals surface area contributed by atoms with Gasteiger partial charge in [-0.25, -0.2) is 18.1 Å². The third-order valence-electron chi connectivity index (χ3n) is 5.91. The molecule has 2 fully saturated rings. The second kappa shape index (κ2) is 7.06. The normalized spacial score (nSPS) is 22.6. The molecule has 3 amide bonds. The first-order chi connectivity index (χ1) is 16.0. The molecule has 34 heavy (non-hydrogen) atoms. The molecule has 3 heterocycles. The van der Waals surface area contributed by atoms with E-state index >= 15 is 0 Å². The first-order valence-electron chi connectivity index (χ1n) is 9.78. The Morgan fingerprint density at radius 1 is 1.12 bits per heavy atom. The third kappa shape index (κ3) is 2.99. The number of halogens is 3. The van der Waals surface area contributed by atoms with Gasteiger partial charge >= 0.3 is 11.5 Å². The van der Waals surface area contributed by atoms with Gasteiger partial charge in [-0.3, -0.25) is 14.7 Å². The Morgan fingerprint density at radius 3 is 2.35 bits per heavy atom. The van der Waals surface area contributed by atoms with Gasteiger partial charge in [0, 0.05) is 6.20 Å². The van der Waals surface area contributed by atoms with Crippen LogP contribution in [0.15, 0.2) is 47.5 Å². The zero-order chi connectivity index (χ0) is 24.5. The summed E-state index contributed by atoms with van der Waals surface area (Å²) >= 11 is 0. The molecule has 2 aliphatic rings. The van der Waals surface area contributed by atoms with Gasteiger partial charge in [0.05, 0.1) is 16.3 Å². The standard InChI is InChI=1S/C19H14F3N7O4S/c1-10-9-18(10)16(30)28(11-2-4-13(5-3-11)34(32,33)19(20,21)22)17(31)29(18)12-6-7-23-14(8-12)15-24-26-27-25-15/h2-8,10H,9H2,1H3,(H,24,25,26,27). The number of urea groups is 1. The molecule has 3 aromatic rings. The van der Waals surface area contributed by atoms with E-state index in [0.717, 1.165) is 17.0 Å². The minimum Gasteiger partial charge on any atom is -0.278 e. The summed E-state index contributed by atoms with van der Waals surface area (Å²) in [6.45, 7) is 1.79. The van der Waals surface area contributed by atoms with Crippen LogP contribution >= 0.6 is 0 Å². The molecule has 1 N–H and O–H groups in total. The molecule has 11 nitrogen and oxygen atoms in total. The van der Waals surface area contributed by atoms with Crippen molar-refractivity contribution in [1.29, 1.82) is 0 Å². The SMILES string of the molecule is CC1CC12C(=O)N(c1ccc(S(=O)(=O)C(F)(F)F)cc1)C(=O)N2c1ccnc(-c2nn[nH]n2)c1. The minimum absolute atomic E-state index is 0.0513. The predicted molar refractivity (Wildman–Crippen MR) is 109 cm³/mol. The summed E-state index contributed by atoms with van der Waals surface area (Å²) in [5.41, 5.74) is -6.06. The average Bonchev–Trinajstić information content (AvgIpc) is 3.13. The number of amides is 3. The summed E-state index contributed by atoms with van der Waals surface area (Å²) in [5.74, 6) is -0.578. The van der Waals surface area contributed by atoms with Gasteiger partial charge in [0.15, 0.2) is 0 Å². The molecule has 2 atom stereocenters. The van der Waals surface area contributed by atoms with Crippen molar-refractivity contribution in [3.05, 3.63) is 42.6 Å². The van der Waals surface area contributed by atoms with Gasteiger partial charge < -0.3 is 0 Å². The van der Waals surface area contributed by atoms with E-state index in [1.165, 1.54) is 23.2 Å². The van der Waals surface area contributed by atoms with E-state index in [-0.39, 0.29) is 17.4 Å². The zero-order valence-corrected chi connectivity index (χ0v) is 18.0. The number of hydrogen-bond donors (Lipinski definition) is 1. The Morgan fingerprint density at radius 2 is 1.79 bits per heavy atom. The molecule has 176 valence electrons. The van der Waals surface area contributed by atoms with E-state index in [1.54, 1.807) is 6.92 Å². The van der Waals surface area contributed by atoms with Gasteiger partial charge in [-0.15, -0.1) is 10.2 Å². The fourth-order valence-electron chi connectivity index (χ4n) is 4.09. The molecular weight excluding hydrogens is 479 g/mol. The maximum atomic E-state index is 13.4. The lowest BCUT2D eigenvalue weighted by atomic mass is 10.1. The van der Waals surface area contributed by atoms with E-state index in [1.807, 2.05) is 0 Å². The molecule has 1 aliphatic heterocycles. The van der Waals surface area contributed by atoms with Crippen LogP contribution in [0.1, 0.15) is 13.3 Å². The molecule has 15 heteroatoms. The summed E-state index contributed by atoms with van der Waals surface area (Å²) in [5, 5.41) is 13.4. The molecule has 1 aromatic carbocycles. The van der Waals surface area contributed by atoms with Crippen LogP contribution in [0, 0.1) is 5.92 Å². The number of H-pyrrole nitrogens is 1. The number of alkyl halides is 3. The number of aromatic amines is 1. The lowest BCUT2D eigenvalue weighted by molar-refractivity contribution is -0.119. The van der Waals surface area contributed by atoms with Gasteiger partial charge in [-0.1, -0.05) is 6.92 Å². The quantitative estimate of drug-likeness (QED) is 0.546. The Hall–Kier alpha value is -3.88. The number of carbonyl (C=O) groups excluding carboxylic acids is 2. The molecule has 1 spiro atoms. The first kappa shape index (κ1) is 21.9. The van der Waals surface area contributed by atoms with Crippen molar-refractivity contribution < 1.29 is 31.2 Å². The van der Waals surface area contributed by atoms with Crippen molar-refractivity contribution in [3.63, 3.8) is 0 Å². The molecule has 2 aromatic heterocycles. The number of imide groups is 1. The predicted octanol–water partition coefficient (Wildman–Crippen LogP) is 2.31. The fourth-order valence-corrected chi connectivity index (χ4v) is 4.85. The van der Waals surface area contributed by atoms with Crippen LogP contribution in [-0.4, -0.2) is 57.0 Å². The van der Waals surface area contributed by atoms with Crippen molar-refractivity contribution in [3.8, 4) is 11.5 Å². The van der Waals surface area contributed by atoms with Crippen LogP contribution in [0.4, 0.5) is 29.3 Å². The fraction of sp³-hybridized carbons (Fsp3) is 0.263. The topological polar surface area (TPSA) is 142 Å². The second-order valence-electron chi connectivity index (χ2n) is 7.87. The molecular formula is C19H14F3N7O4S. The van der Waals surface area contributed by atoms with E-state index in [4.69, 9.17) is 0 Å². The average molecular weight is 493 g/mol. The Bertz CT molecular complexity index is 1410. The van der Waals surface area contributed by atoms with Crippen molar-refractivity contribution in [2.75, 3.05) is 9.80 Å². The highest BCUT2D eigenvalue weighted by atomic mass is 32.2. The van der Waals surface area contributed by atoms with Gasteiger partial charge in [0.25, 0.3) is 15.7 Å². The highest BCUT2D eigenvalue weighted by Crippen LogP contribution is 2.55. The Labute approximate surface area is 189 Å². The lowest BCUT2D eigenvalue weighted by Crippen LogP contribution is -2.39. The second-order valence-corrected chi connectivity index (χ2v) is 9.81. The van der Waals surface area contributed by atoms with Crippen molar-refractivity contribution >= 4 is 33.2 Å². The first-order valence-corrected chi connectivity index (χ1v) is 11.3. The van der Waals surface area contributed by atoms with Gasteiger partial charge in [-0.05, 0) is 54.0 Å². The molecule has 0 bridgehead atoms. The summed E-state index contributed by atoms with van der Waals surface area (Å²) < 4.78 is 61.8. The number of nitrogens with zero attached hydrogens (tertiary/aromatic N) is 6. The van der Waals surface area contributed by atoms with Gasteiger partial charge in [-0.2, -0.15) is 18.4 Å². The lowest BCUT2D eigenvalue weighted by Gasteiger charge is -2.22. The van der Waals surface area contributed by atoms with Gasteiger partial charge in [0.1, 0.15) is 11.2 Å². The van der Waals surface area contributed by atoms with Crippen LogP contribution in [0.5, 0.6) is 0 Å². The number of sulfone groups is 1. The smallest absolute Gasteiger partial charge is 0.278 e. The molecule has 2 unspecified atom stereocenters. The maximum Gasteiger partial charge on any atom is 0.501 e. The summed E-state index contributed by atoms with van der Waals surface area (Å²) in [6.07, 6.45) is 1.79. The number of hydrogen-bond acceptors (Lipinski definition) is 8. The highest BCUT2D eigenvalue weighted by molar-refractivity contribution is 7.92. The van der Waals surface area contributed by atoms with Crippen LogP contribution in [0.25, 0.3) is 11.5 Å². The summed E-state index contributed by atoms with van der Waals surface area (Å²) in [7, 11) is -5.57. The number of carbonyl (C=O) groups is 2. The largest absolute Gasteiger partial charge is 0.501 e. The summed E-state index contributed by atoms with van der Waals surface area (Å²) in [6, 6.07) is 5.74.